The summed E-state index contributed by atoms with van der Waals surface area (Å²) in [6.07, 6.45) is 2.23. The molecule has 1 saturated heterocycles. The number of benzene rings is 1. The zero-order chi connectivity index (χ0) is 13.0. The van der Waals surface area contributed by atoms with Crippen LogP contribution in [0.5, 0.6) is 0 Å². The first-order valence-corrected chi connectivity index (χ1v) is 7.08. The van der Waals surface area contributed by atoms with Crippen LogP contribution < -0.4 is 5.32 Å². The monoisotopic (exact) mass is 311 g/mol. The van der Waals surface area contributed by atoms with Crippen LogP contribution >= 0.6 is 15.9 Å². The molecule has 0 radical (unpaired) electrons. The predicted octanol–water partition coefficient (Wildman–Crippen LogP) is 2.91. The number of carbonyl (C=O) groups is 1. The Labute approximate surface area is 116 Å². The lowest BCUT2D eigenvalue weighted by Gasteiger charge is -2.22. The van der Waals surface area contributed by atoms with Gasteiger partial charge in [-0.2, -0.15) is 0 Å². The standard InChI is InChI=1S/C14H18BrNO2/c1-10-4-5-13(15)12(7-10)14(17)16-8-11-3-2-6-18-9-11/h4-5,7,11H,2-3,6,8-9H2,1H3,(H,16,17). The van der Waals surface area contributed by atoms with Gasteiger partial charge in [-0.1, -0.05) is 11.6 Å². The van der Waals surface area contributed by atoms with Crippen LogP contribution in [0.15, 0.2) is 22.7 Å². The van der Waals surface area contributed by atoms with Gasteiger partial charge in [-0.25, -0.2) is 0 Å². The van der Waals surface area contributed by atoms with E-state index in [4.69, 9.17) is 4.74 Å². The highest BCUT2D eigenvalue weighted by Gasteiger charge is 2.16. The van der Waals surface area contributed by atoms with E-state index in [0.29, 0.717) is 18.0 Å². The maximum Gasteiger partial charge on any atom is 0.252 e. The highest BCUT2D eigenvalue weighted by Crippen LogP contribution is 2.18. The topological polar surface area (TPSA) is 38.3 Å². The lowest BCUT2D eigenvalue weighted by molar-refractivity contribution is 0.0536. The number of ether oxygens (including phenoxy) is 1. The summed E-state index contributed by atoms with van der Waals surface area (Å²) in [5.41, 5.74) is 1.79. The third kappa shape index (κ3) is 3.56. The molecular weight excluding hydrogens is 294 g/mol. The van der Waals surface area contributed by atoms with E-state index in [-0.39, 0.29) is 5.91 Å². The number of nitrogens with one attached hydrogen (secondary N) is 1. The molecule has 1 atom stereocenters. The fourth-order valence-electron chi connectivity index (χ4n) is 2.11. The number of hydrogen-bond donors (Lipinski definition) is 1. The van der Waals surface area contributed by atoms with Gasteiger partial charge in [0.25, 0.3) is 5.91 Å². The first-order chi connectivity index (χ1) is 8.66. The van der Waals surface area contributed by atoms with Crippen LogP contribution in [0.4, 0.5) is 0 Å². The van der Waals surface area contributed by atoms with Gasteiger partial charge < -0.3 is 10.1 Å². The van der Waals surface area contributed by atoms with Gasteiger partial charge >= 0.3 is 0 Å². The van der Waals surface area contributed by atoms with Crippen molar-refractivity contribution in [2.24, 2.45) is 5.92 Å². The van der Waals surface area contributed by atoms with E-state index in [9.17, 15) is 4.79 Å². The lowest BCUT2D eigenvalue weighted by Crippen LogP contribution is -2.33. The fraction of sp³-hybridized carbons (Fsp3) is 0.500. The van der Waals surface area contributed by atoms with Crippen LogP contribution in [0, 0.1) is 12.8 Å². The molecule has 0 aromatic heterocycles. The zero-order valence-corrected chi connectivity index (χ0v) is 12.1. The van der Waals surface area contributed by atoms with Gasteiger partial charge in [0.1, 0.15) is 0 Å². The minimum Gasteiger partial charge on any atom is -0.381 e. The molecule has 1 aromatic carbocycles. The summed E-state index contributed by atoms with van der Waals surface area (Å²) in [7, 11) is 0. The Bertz CT molecular complexity index is 428. The van der Waals surface area contributed by atoms with Gasteiger partial charge in [0, 0.05) is 17.6 Å². The number of aryl methyl sites for hydroxylation is 1. The number of amides is 1. The van der Waals surface area contributed by atoms with Gasteiger partial charge in [-0.15, -0.1) is 0 Å². The maximum atomic E-state index is 12.1. The molecule has 3 nitrogen and oxygen atoms in total. The second-order valence-electron chi connectivity index (χ2n) is 4.78. The molecule has 1 amide bonds. The number of halogens is 1. The second kappa shape index (κ2) is 6.34. The summed E-state index contributed by atoms with van der Waals surface area (Å²) in [6.45, 7) is 4.29. The molecule has 1 heterocycles. The van der Waals surface area contributed by atoms with Crippen molar-refractivity contribution in [1.82, 2.24) is 5.32 Å². The van der Waals surface area contributed by atoms with Crippen LogP contribution in [0.1, 0.15) is 28.8 Å². The van der Waals surface area contributed by atoms with Gasteiger partial charge in [-0.05, 0) is 53.7 Å². The van der Waals surface area contributed by atoms with Crippen molar-refractivity contribution >= 4 is 21.8 Å². The average molecular weight is 312 g/mol. The minimum absolute atomic E-state index is 0.0175. The summed E-state index contributed by atoms with van der Waals surface area (Å²) in [5.74, 6) is 0.433. The normalized spacial score (nSPS) is 19.6. The molecule has 1 N–H and O–H groups in total. The largest absolute Gasteiger partial charge is 0.381 e. The van der Waals surface area contributed by atoms with Crippen molar-refractivity contribution in [1.29, 1.82) is 0 Å². The third-order valence-electron chi connectivity index (χ3n) is 3.17. The van der Waals surface area contributed by atoms with Crippen LogP contribution in [0.3, 0.4) is 0 Å². The molecule has 0 spiro atoms. The van der Waals surface area contributed by atoms with Gasteiger partial charge in [0.2, 0.25) is 0 Å². The molecule has 98 valence electrons. The Balaban J connectivity index is 1.92. The highest BCUT2D eigenvalue weighted by molar-refractivity contribution is 9.10. The molecule has 1 fully saturated rings. The number of hydrogen-bond acceptors (Lipinski definition) is 2. The average Bonchev–Trinajstić information content (AvgIpc) is 2.40. The molecule has 0 saturated carbocycles. The Hall–Kier alpha value is -0.870. The molecule has 2 rings (SSSR count). The van der Waals surface area contributed by atoms with Crippen molar-refractivity contribution < 1.29 is 9.53 Å². The Morgan fingerprint density at radius 2 is 2.39 bits per heavy atom. The summed E-state index contributed by atoms with van der Waals surface area (Å²) in [5, 5.41) is 2.99. The maximum absolute atomic E-state index is 12.1. The van der Waals surface area contributed by atoms with E-state index in [1.54, 1.807) is 0 Å². The molecular formula is C14H18BrNO2. The summed E-state index contributed by atoms with van der Waals surface area (Å²) >= 11 is 3.41. The van der Waals surface area contributed by atoms with Crippen molar-refractivity contribution in [3.05, 3.63) is 33.8 Å². The lowest BCUT2D eigenvalue weighted by atomic mass is 10.0. The van der Waals surface area contributed by atoms with Crippen LogP contribution in [-0.2, 0) is 4.74 Å². The quantitative estimate of drug-likeness (QED) is 0.932. The van der Waals surface area contributed by atoms with E-state index in [2.05, 4.69) is 21.2 Å². The number of rotatable bonds is 3. The molecule has 1 aliphatic heterocycles. The van der Waals surface area contributed by atoms with Gasteiger partial charge in [0.05, 0.1) is 12.2 Å². The molecule has 1 unspecified atom stereocenters. The minimum atomic E-state index is -0.0175. The first kappa shape index (κ1) is 13.6. The Morgan fingerprint density at radius 1 is 1.56 bits per heavy atom. The Morgan fingerprint density at radius 3 is 3.11 bits per heavy atom. The van der Waals surface area contributed by atoms with Crippen molar-refractivity contribution in [3.63, 3.8) is 0 Å². The van der Waals surface area contributed by atoms with Crippen LogP contribution in [0.2, 0.25) is 0 Å². The summed E-state index contributed by atoms with van der Waals surface area (Å²) in [4.78, 5) is 12.1. The molecule has 1 aromatic rings. The van der Waals surface area contributed by atoms with E-state index in [1.165, 1.54) is 0 Å². The van der Waals surface area contributed by atoms with Crippen molar-refractivity contribution in [2.75, 3.05) is 19.8 Å². The van der Waals surface area contributed by atoms with Gasteiger partial charge in [-0.3, -0.25) is 4.79 Å². The Kier molecular flexibility index (Phi) is 4.78. The van der Waals surface area contributed by atoms with Crippen LogP contribution in [0.25, 0.3) is 0 Å². The predicted molar refractivity (Wildman–Crippen MR) is 74.8 cm³/mol. The molecule has 0 bridgehead atoms. The molecule has 1 aliphatic rings. The van der Waals surface area contributed by atoms with E-state index in [0.717, 1.165) is 36.1 Å². The SMILES string of the molecule is Cc1ccc(Br)c(C(=O)NCC2CCCOC2)c1. The smallest absolute Gasteiger partial charge is 0.252 e. The third-order valence-corrected chi connectivity index (χ3v) is 3.86. The fourth-order valence-corrected chi connectivity index (χ4v) is 2.54. The first-order valence-electron chi connectivity index (χ1n) is 6.29. The molecule has 4 heteroatoms. The van der Waals surface area contributed by atoms with Crippen molar-refractivity contribution in [3.8, 4) is 0 Å². The highest BCUT2D eigenvalue weighted by atomic mass is 79.9. The van der Waals surface area contributed by atoms with E-state index < -0.39 is 0 Å². The van der Waals surface area contributed by atoms with Gasteiger partial charge in [0.15, 0.2) is 0 Å². The van der Waals surface area contributed by atoms with Crippen LogP contribution in [-0.4, -0.2) is 25.7 Å². The molecule has 0 aliphatic carbocycles. The van der Waals surface area contributed by atoms with Crippen molar-refractivity contribution in [2.45, 2.75) is 19.8 Å². The molecule has 18 heavy (non-hydrogen) atoms. The summed E-state index contributed by atoms with van der Waals surface area (Å²) < 4.78 is 6.24. The number of carbonyl (C=O) groups excluding carboxylic acids is 1. The zero-order valence-electron chi connectivity index (χ0n) is 10.5. The summed E-state index contributed by atoms with van der Waals surface area (Å²) in [6, 6.07) is 5.79. The van der Waals surface area contributed by atoms with E-state index >= 15 is 0 Å². The van der Waals surface area contributed by atoms with E-state index in [1.807, 2.05) is 25.1 Å². The second-order valence-corrected chi connectivity index (χ2v) is 5.63.